The van der Waals surface area contributed by atoms with Crippen molar-refractivity contribution in [2.24, 2.45) is 0 Å². The van der Waals surface area contributed by atoms with Gasteiger partial charge in [0.05, 0.1) is 55.0 Å². The Balaban J connectivity index is 1.44. The van der Waals surface area contributed by atoms with Gasteiger partial charge in [-0.2, -0.15) is 0 Å². The zero-order chi connectivity index (χ0) is 22.0. The van der Waals surface area contributed by atoms with Crippen LogP contribution in [0, 0.1) is 5.82 Å². The smallest absolute Gasteiger partial charge is 0.257 e. The van der Waals surface area contributed by atoms with E-state index >= 15 is 4.39 Å². The second kappa shape index (κ2) is 6.89. The Morgan fingerprint density at radius 3 is 3.00 bits per heavy atom. The van der Waals surface area contributed by atoms with E-state index in [1.54, 1.807) is 28.9 Å². The fourth-order valence-electron chi connectivity index (χ4n) is 4.87. The summed E-state index contributed by atoms with van der Waals surface area (Å²) in [4.78, 5) is 23.7. The van der Waals surface area contributed by atoms with Gasteiger partial charge < -0.3 is 20.1 Å². The molecule has 2 N–H and O–H groups in total. The molecule has 0 aliphatic carbocycles. The van der Waals surface area contributed by atoms with E-state index in [2.05, 4.69) is 9.97 Å². The van der Waals surface area contributed by atoms with Gasteiger partial charge in [0.15, 0.2) is 0 Å². The Morgan fingerprint density at radius 1 is 1.28 bits per heavy atom. The second-order valence-electron chi connectivity index (χ2n) is 8.11. The van der Waals surface area contributed by atoms with Crippen molar-refractivity contribution in [3.05, 3.63) is 65.4 Å². The number of methoxy groups -OCH3 is 1. The highest BCUT2D eigenvalue weighted by Crippen LogP contribution is 2.42. The van der Waals surface area contributed by atoms with Gasteiger partial charge >= 0.3 is 0 Å². The summed E-state index contributed by atoms with van der Waals surface area (Å²) in [6, 6.07) is 8.28. The quantitative estimate of drug-likeness (QED) is 0.522. The molecule has 2 aromatic heterocycles. The predicted octanol–water partition coefficient (Wildman–Crippen LogP) is 3.10. The number of aromatic nitrogens is 3. The van der Waals surface area contributed by atoms with Crippen molar-refractivity contribution in [3.8, 4) is 5.75 Å². The van der Waals surface area contributed by atoms with Gasteiger partial charge in [-0.25, -0.2) is 14.4 Å². The minimum atomic E-state index is -0.635. The monoisotopic (exact) mass is 433 g/mol. The van der Waals surface area contributed by atoms with Gasteiger partial charge in [0, 0.05) is 12.6 Å². The van der Waals surface area contributed by atoms with Crippen LogP contribution in [-0.2, 0) is 11.3 Å². The van der Waals surface area contributed by atoms with E-state index in [4.69, 9.17) is 15.2 Å². The average Bonchev–Trinajstić information content (AvgIpc) is 3.46. The fourth-order valence-corrected chi connectivity index (χ4v) is 4.87. The van der Waals surface area contributed by atoms with Crippen molar-refractivity contribution in [1.82, 2.24) is 19.3 Å². The molecule has 4 aromatic rings. The lowest BCUT2D eigenvalue weighted by Gasteiger charge is -2.34. The van der Waals surface area contributed by atoms with E-state index in [9.17, 15) is 4.79 Å². The minimum absolute atomic E-state index is 0.0136. The maximum atomic E-state index is 15.1. The first kappa shape index (κ1) is 19.0. The van der Waals surface area contributed by atoms with Crippen molar-refractivity contribution in [3.63, 3.8) is 0 Å². The van der Waals surface area contributed by atoms with Crippen LogP contribution in [0.5, 0.6) is 5.75 Å². The Hall–Kier alpha value is -3.72. The molecular weight excluding hydrogens is 413 g/mol. The first-order valence-corrected chi connectivity index (χ1v) is 10.4. The van der Waals surface area contributed by atoms with Crippen LogP contribution in [0.4, 0.5) is 10.2 Å². The number of amides is 1. The van der Waals surface area contributed by atoms with Crippen molar-refractivity contribution in [2.75, 3.05) is 19.4 Å². The summed E-state index contributed by atoms with van der Waals surface area (Å²) in [5, 5.41) is 0. The normalized spacial score (nSPS) is 19.9. The molecular formula is C23H20FN5O3. The predicted molar refractivity (Wildman–Crippen MR) is 115 cm³/mol. The first-order chi connectivity index (χ1) is 15.5. The fraction of sp³-hybridized carbons (Fsp3) is 0.261. The number of likely N-dealkylation sites (tertiary alicyclic amines) is 1. The topological polar surface area (TPSA) is 95.0 Å². The summed E-state index contributed by atoms with van der Waals surface area (Å²) < 4.78 is 28.2. The van der Waals surface area contributed by atoms with Crippen LogP contribution < -0.4 is 10.5 Å². The molecule has 2 aliphatic heterocycles. The highest BCUT2D eigenvalue weighted by atomic mass is 19.1. The summed E-state index contributed by atoms with van der Waals surface area (Å²) >= 11 is 0. The van der Waals surface area contributed by atoms with Crippen LogP contribution >= 0.6 is 0 Å². The maximum absolute atomic E-state index is 15.1. The molecule has 0 spiro atoms. The third kappa shape index (κ3) is 2.67. The summed E-state index contributed by atoms with van der Waals surface area (Å²) in [6.45, 7) is 0.948. The standard InChI is InChI=1S/C23H20FN5O3/c1-31-13-2-3-14-12(6-13)10-32-20-4-5-28(21(14)20)23(30)15-7-18-17(8-16(15)24)27-22(25)19-9-26-11-29(18)19/h2-3,6-9,11,20-21H,4-5,10H2,1H3,(H2,25,27). The van der Waals surface area contributed by atoms with E-state index < -0.39 is 5.82 Å². The van der Waals surface area contributed by atoms with Crippen molar-refractivity contribution >= 4 is 28.3 Å². The van der Waals surface area contributed by atoms with E-state index in [1.807, 2.05) is 18.2 Å². The zero-order valence-corrected chi connectivity index (χ0v) is 17.3. The molecule has 9 heteroatoms. The Kier molecular flexibility index (Phi) is 4.09. The molecule has 2 aliphatic rings. The molecule has 2 unspecified atom stereocenters. The number of hydrogen-bond donors (Lipinski definition) is 1. The SMILES string of the molecule is COc1ccc2c(c1)COC1CCN(C(=O)c3cc4c(cc3F)nc(N)c3cncn34)C21. The summed E-state index contributed by atoms with van der Waals surface area (Å²) in [5.41, 5.74) is 9.47. The molecule has 162 valence electrons. The lowest BCUT2D eigenvalue weighted by molar-refractivity contribution is 0.000325. The van der Waals surface area contributed by atoms with Crippen LogP contribution in [0.25, 0.3) is 16.6 Å². The third-order valence-corrected chi connectivity index (χ3v) is 6.42. The van der Waals surface area contributed by atoms with Crippen molar-refractivity contribution < 1.29 is 18.7 Å². The maximum Gasteiger partial charge on any atom is 0.257 e. The molecule has 4 heterocycles. The second-order valence-corrected chi connectivity index (χ2v) is 8.11. The number of rotatable bonds is 2. The molecule has 0 bridgehead atoms. The highest BCUT2D eigenvalue weighted by molar-refractivity contribution is 5.99. The highest BCUT2D eigenvalue weighted by Gasteiger charge is 2.43. The lowest BCUT2D eigenvalue weighted by atomic mass is 9.93. The molecule has 1 amide bonds. The van der Waals surface area contributed by atoms with Gasteiger partial charge in [-0.1, -0.05) is 6.07 Å². The number of ether oxygens (including phenoxy) is 2. The molecule has 2 aromatic carbocycles. The molecule has 6 rings (SSSR count). The number of benzene rings is 2. The zero-order valence-electron chi connectivity index (χ0n) is 17.3. The largest absolute Gasteiger partial charge is 0.497 e. The van der Waals surface area contributed by atoms with Crippen LogP contribution in [0.3, 0.4) is 0 Å². The summed E-state index contributed by atoms with van der Waals surface area (Å²) in [6.07, 6.45) is 3.74. The first-order valence-electron chi connectivity index (χ1n) is 10.4. The van der Waals surface area contributed by atoms with Crippen LogP contribution in [-0.4, -0.2) is 44.9 Å². The molecule has 1 fully saturated rings. The number of fused-ring (bicyclic) bond motifs is 6. The number of halogens is 1. The lowest BCUT2D eigenvalue weighted by Crippen LogP contribution is -2.37. The van der Waals surface area contributed by atoms with E-state index in [-0.39, 0.29) is 29.4 Å². The molecule has 8 nitrogen and oxygen atoms in total. The van der Waals surface area contributed by atoms with E-state index in [0.29, 0.717) is 36.1 Å². The molecule has 2 atom stereocenters. The van der Waals surface area contributed by atoms with Gasteiger partial charge in [-0.15, -0.1) is 0 Å². The summed E-state index contributed by atoms with van der Waals surface area (Å²) in [5.74, 6) is -0.0288. The molecule has 32 heavy (non-hydrogen) atoms. The van der Waals surface area contributed by atoms with Crippen LogP contribution in [0.2, 0.25) is 0 Å². The molecule has 0 radical (unpaired) electrons. The van der Waals surface area contributed by atoms with E-state index in [0.717, 1.165) is 16.9 Å². The Labute approximate surface area is 182 Å². The number of nitrogens with two attached hydrogens (primary N) is 1. The van der Waals surface area contributed by atoms with Crippen LogP contribution in [0.1, 0.15) is 33.9 Å². The van der Waals surface area contributed by atoms with Gasteiger partial charge in [-0.05, 0) is 35.7 Å². The van der Waals surface area contributed by atoms with Crippen LogP contribution in [0.15, 0.2) is 42.9 Å². The van der Waals surface area contributed by atoms with E-state index in [1.165, 1.54) is 12.1 Å². The Bertz CT molecular complexity index is 1400. The van der Waals surface area contributed by atoms with Gasteiger partial charge in [0.1, 0.15) is 22.9 Å². The Morgan fingerprint density at radius 2 is 2.16 bits per heavy atom. The van der Waals surface area contributed by atoms with Gasteiger partial charge in [0.2, 0.25) is 0 Å². The average molecular weight is 433 g/mol. The molecule has 0 saturated carbocycles. The number of anilines is 1. The number of nitrogen functional groups attached to an aromatic ring is 1. The number of nitrogens with zero attached hydrogens (tertiary/aromatic N) is 4. The third-order valence-electron chi connectivity index (χ3n) is 6.42. The number of hydrogen-bond acceptors (Lipinski definition) is 6. The van der Waals surface area contributed by atoms with Gasteiger partial charge in [-0.3, -0.25) is 9.20 Å². The van der Waals surface area contributed by atoms with Crippen molar-refractivity contribution in [2.45, 2.75) is 25.2 Å². The van der Waals surface area contributed by atoms with Gasteiger partial charge in [0.25, 0.3) is 5.91 Å². The summed E-state index contributed by atoms with van der Waals surface area (Å²) in [7, 11) is 1.61. The van der Waals surface area contributed by atoms with Crippen molar-refractivity contribution in [1.29, 1.82) is 0 Å². The minimum Gasteiger partial charge on any atom is -0.497 e. The number of imidazole rings is 1. The molecule has 1 saturated heterocycles. The number of carbonyl (C=O) groups is 1. The number of carbonyl (C=O) groups excluding carboxylic acids is 1.